The summed E-state index contributed by atoms with van der Waals surface area (Å²) in [6.07, 6.45) is -0.608. The van der Waals surface area contributed by atoms with Crippen molar-refractivity contribution in [3.8, 4) is 17.2 Å². The Morgan fingerprint density at radius 3 is 2.78 bits per heavy atom. The van der Waals surface area contributed by atoms with Gasteiger partial charge in [-0.15, -0.1) is 10.2 Å². The molecular formula is C19H17ClN4O3. The minimum Gasteiger partial charge on any atom is -0.477 e. The molecule has 8 heteroatoms. The summed E-state index contributed by atoms with van der Waals surface area (Å²) in [5, 5.41) is 11.5. The molecule has 1 atom stereocenters. The molecule has 0 fully saturated rings. The highest BCUT2D eigenvalue weighted by molar-refractivity contribution is 6.30. The van der Waals surface area contributed by atoms with E-state index in [1.165, 1.54) is 0 Å². The van der Waals surface area contributed by atoms with Crippen molar-refractivity contribution in [3.05, 3.63) is 59.4 Å². The minimum absolute atomic E-state index is 0.179. The first-order valence-electron chi connectivity index (χ1n) is 8.44. The molecule has 0 spiro atoms. The maximum atomic E-state index is 12.1. The third-order valence-electron chi connectivity index (χ3n) is 4.28. The molecule has 27 heavy (non-hydrogen) atoms. The largest absolute Gasteiger partial charge is 0.477 e. The van der Waals surface area contributed by atoms with Gasteiger partial charge in [0.25, 0.3) is 5.91 Å². The number of benzene rings is 2. The van der Waals surface area contributed by atoms with Gasteiger partial charge in [0.15, 0.2) is 6.10 Å². The Kier molecular flexibility index (Phi) is 4.68. The van der Waals surface area contributed by atoms with E-state index in [-0.39, 0.29) is 5.91 Å². The second-order valence-corrected chi connectivity index (χ2v) is 6.51. The lowest BCUT2D eigenvalue weighted by atomic mass is 10.2. The van der Waals surface area contributed by atoms with E-state index in [0.29, 0.717) is 35.6 Å². The summed E-state index contributed by atoms with van der Waals surface area (Å²) in [5.41, 5.74) is 1.67. The molecule has 1 N–H and O–H groups in total. The van der Waals surface area contributed by atoms with E-state index in [2.05, 4.69) is 15.5 Å². The fourth-order valence-electron chi connectivity index (χ4n) is 2.94. The molecule has 7 nitrogen and oxygen atoms in total. The van der Waals surface area contributed by atoms with Crippen LogP contribution in [0.4, 0.5) is 5.69 Å². The van der Waals surface area contributed by atoms with Crippen LogP contribution in [0, 0.1) is 0 Å². The van der Waals surface area contributed by atoms with Gasteiger partial charge in [0.1, 0.15) is 5.75 Å². The highest BCUT2D eigenvalue weighted by atomic mass is 35.5. The number of halogens is 1. The number of nitrogens with zero attached hydrogens (tertiary/aromatic N) is 3. The van der Waals surface area contributed by atoms with Gasteiger partial charge < -0.3 is 19.4 Å². The summed E-state index contributed by atoms with van der Waals surface area (Å²) in [7, 11) is 1.59. The predicted octanol–water partition coefficient (Wildman–Crippen LogP) is 2.90. The molecule has 1 aliphatic heterocycles. The lowest BCUT2D eigenvalue weighted by molar-refractivity contribution is -0.127. The molecule has 0 saturated carbocycles. The molecule has 1 amide bonds. The molecule has 138 valence electrons. The first-order valence-corrected chi connectivity index (χ1v) is 8.82. The number of nitrogens with one attached hydrogen (secondary N) is 1. The number of aromatic nitrogens is 2. The Bertz CT molecular complexity index is 958. The highest BCUT2D eigenvalue weighted by Crippen LogP contribution is 2.34. The van der Waals surface area contributed by atoms with Crippen LogP contribution < -0.4 is 15.0 Å². The van der Waals surface area contributed by atoms with E-state index in [1.54, 1.807) is 19.2 Å². The van der Waals surface area contributed by atoms with Gasteiger partial charge in [0, 0.05) is 17.6 Å². The number of para-hydroxylation sites is 2. The van der Waals surface area contributed by atoms with Gasteiger partial charge in [-0.1, -0.05) is 23.7 Å². The predicted molar refractivity (Wildman–Crippen MR) is 101 cm³/mol. The van der Waals surface area contributed by atoms with Crippen molar-refractivity contribution in [2.45, 2.75) is 12.6 Å². The maximum Gasteiger partial charge on any atom is 0.262 e. The second kappa shape index (κ2) is 7.28. The van der Waals surface area contributed by atoms with Gasteiger partial charge in [-0.25, -0.2) is 0 Å². The van der Waals surface area contributed by atoms with E-state index >= 15 is 0 Å². The molecule has 2 aromatic carbocycles. The summed E-state index contributed by atoms with van der Waals surface area (Å²) in [4.78, 5) is 14.1. The molecular weight excluding hydrogens is 368 g/mol. The van der Waals surface area contributed by atoms with Crippen molar-refractivity contribution in [2.24, 2.45) is 0 Å². The van der Waals surface area contributed by atoms with Gasteiger partial charge in [-0.3, -0.25) is 4.79 Å². The highest BCUT2D eigenvalue weighted by Gasteiger charge is 2.31. The van der Waals surface area contributed by atoms with E-state index < -0.39 is 6.10 Å². The fraction of sp³-hybridized carbons (Fsp3) is 0.211. The van der Waals surface area contributed by atoms with Gasteiger partial charge >= 0.3 is 0 Å². The normalized spacial score (nSPS) is 15.8. The van der Waals surface area contributed by atoms with Crippen molar-refractivity contribution < 1.29 is 13.9 Å². The Labute approximate surface area is 160 Å². The molecule has 4 rings (SSSR count). The van der Waals surface area contributed by atoms with E-state index in [0.717, 1.165) is 11.3 Å². The van der Waals surface area contributed by atoms with Crippen LogP contribution >= 0.6 is 11.6 Å². The van der Waals surface area contributed by atoms with Crippen LogP contribution in [0.2, 0.25) is 5.02 Å². The first kappa shape index (κ1) is 17.4. The van der Waals surface area contributed by atoms with E-state index in [4.69, 9.17) is 20.8 Å². The van der Waals surface area contributed by atoms with E-state index in [1.807, 2.05) is 41.3 Å². The summed E-state index contributed by atoms with van der Waals surface area (Å²) < 4.78 is 11.6. The van der Waals surface area contributed by atoms with Crippen molar-refractivity contribution in [1.29, 1.82) is 0 Å². The summed E-state index contributed by atoms with van der Waals surface area (Å²) in [6.45, 7) is 0.754. The average Bonchev–Trinajstić information content (AvgIpc) is 3.16. The Balaban J connectivity index is 1.58. The van der Waals surface area contributed by atoms with Crippen LogP contribution in [-0.4, -0.2) is 35.8 Å². The van der Waals surface area contributed by atoms with Crippen LogP contribution in [-0.2, 0) is 11.3 Å². The number of anilines is 1. The monoisotopic (exact) mass is 384 g/mol. The number of hydrogen-bond acceptors (Lipinski definition) is 6. The molecule has 0 radical (unpaired) electrons. The minimum atomic E-state index is -0.608. The number of ether oxygens (including phenoxy) is 1. The first-order chi connectivity index (χ1) is 13.1. The van der Waals surface area contributed by atoms with Crippen LogP contribution in [0.15, 0.2) is 52.9 Å². The Morgan fingerprint density at radius 2 is 2.00 bits per heavy atom. The third kappa shape index (κ3) is 3.59. The zero-order valence-corrected chi connectivity index (χ0v) is 15.3. The van der Waals surface area contributed by atoms with Crippen LogP contribution in [0.3, 0.4) is 0 Å². The van der Waals surface area contributed by atoms with Gasteiger partial charge in [-0.2, -0.15) is 0 Å². The number of carbonyl (C=O) groups excluding carboxylic acids is 1. The topological polar surface area (TPSA) is 80.5 Å². The smallest absolute Gasteiger partial charge is 0.262 e. The number of amides is 1. The molecule has 1 aliphatic rings. The van der Waals surface area contributed by atoms with Crippen LogP contribution in [0.1, 0.15) is 5.89 Å². The maximum absolute atomic E-state index is 12.1. The molecule has 0 aliphatic carbocycles. The van der Waals surface area contributed by atoms with Gasteiger partial charge in [0.2, 0.25) is 11.8 Å². The number of rotatable bonds is 4. The molecule has 0 bridgehead atoms. The van der Waals surface area contributed by atoms with Gasteiger partial charge in [0.05, 0.1) is 18.8 Å². The zero-order chi connectivity index (χ0) is 18.8. The number of likely N-dealkylation sites (N-methyl/N-ethyl adjacent to an activating group) is 1. The lowest BCUT2D eigenvalue weighted by Gasteiger charge is -2.34. The molecule has 2 heterocycles. The molecule has 3 aromatic rings. The quantitative estimate of drug-likeness (QED) is 0.745. The summed E-state index contributed by atoms with van der Waals surface area (Å²) in [5.74, 6) is 1.34. The lowest BCUT2D eigenvalue weighted by Crippen LogP contribution is -2.48. The van der Waals surface area contributed by atoms with Crippen LogP contribution in [0.25, 0.3) is 11.5 Å². The molecule has 0 unspecified atom stereocenters. The van der Waals surface area contributed by atoms with E-state index in [9.17, 15) is 4.79 Å². The molecule has 0 saturated heterocycles. The Hall–Kier alpha value is -3.06. The number of hydrogen-bond donors (Lipinski definition) is 1. The van der Waals surface area contributed by atoms with Crippen molar-refractivity contribution in [2.75, 3.05) is 18.5 Å². The molecule has 1 aromatic heterocycles. The summed E-state index contributed by atoms with van der Waals surface area (Å²) in [6, 6.07) is 14.8. The fourth-order valence-corrected chi connectivity index (χ4v) is 3.07. The zero-order valence-electron chi connectivity index (χ0n) is 14.6. The van der Waals surface area contributed by atoms with Crippen molar-refractivity contribution >= 4 is 23.2 Å². The average molecular weight is 385 g/mol. The van der Waals surface area contributed by atoms with Crippen molar-refractivity contribution in [1.82, 2.24) is 15.5 Å². The number of carbonyl (C=O) groups is 1. The second-order valence-electron chi connectivity index (χ2n) is 6.08. The van der Waals surface area contributed by atoms with Gasteiger partial charge in [-0.05, 0) is 36.4 Å². The number of fused-ring (bicyclic) bond motifs is 1. The van der Waals surface area contributed by atoms with Crippen LogP contribution in [0.5, 0.6) is 5.75 Å². The SMILES string of the molecule is CNC(=O)[C@H]1CN(Cc2nnc(-c3ccc(Cl)cc3)o2)c2ccccc2O1. The Morgan fingerprint density at radius 1 is 1.22 bits per heavy atom. The standard InChI is InChI=1S/C19H17ClN4O3/c1-21-18(25)16-10-24(14-4-2-3-5-15(14)26-16)11-17-22-23-19(27-17)12-6-8-13(20)9-7-12/h2-9,16H,10-11H2,1H3,(H,21,25)/t16-/m1/s1. The third-order valence-corrected chi connectivity index (χ3v) is 4.54. The van der Waals surface area contributed by atoms with Crippen molar-refractivity contribution in [3.63, 3.8) is 0 Å². The summed E-state index contributed by atoms with van der Waals surface area (Å²) >= 11 is 5.91.